The SMILES string of the molecule is CC(C)(C)c1ccc(-c2c3c(cc4c5cccc6c5n(c24)-c2cccc4c2B6c2ccccc2O4)c2ccccc2n3-c2ccccc2)cc1. The zero-order valence-electron chi connectivity index (χ0n) is 28.2. The fraction of sp³-hybridized carbons (Fsp3) is 0.0870. The van der Waals surface area contributed by atoms with Crippen LogP contribution in [0.15, 0.2) is 146 Å². The molecule has 7 aromatic carbocycles. The van der Waals surface area contributed by atoms with Crippen LogP contribution in [-0.2, 0) is 5.41 Å². The van der Waals surface area contributed by atoms with Gasteiger partial charge in [0.1, 0.15) is 11.5 Å². The average molecular weight is 641 g/mol. The van der Waals surface area contributed by atoms with E-state index >= 15 is 0 Å². The summed E-state index contributed by atoms with van der Waals surface area (Å²) in [5.74, 6) is 1.88. The first-order chi connectivity index (χ1) is 24.5. The Morgan fingerprint density at radius 3 is 2.02 bits per heavy atom. The molecule has 50 heavy (non-hydrogen) atoms. The average Bonchev–Trinajstić information content (AvgIpc) is 3.66. The van der Waals surface area contributed by atoms with Crippen molar-refractivity contribution in [1.29, 1.82) is 0 Å². The highest BCUT2D eigenvalue weighted by Gasteiger charge is 2.40. The lowest BCUT2D eigenvalue weighted by molar-refractivity contribution is 0.487. The maximum absolute atomic E-state index is 6.65. The van der Waals surface area contributed by atoms with Gasteiger partial charge in [0.05, 0.1) is 16.6 Å². The van der Waals surface area contributed by atoms with Gasteiger partial charge in [0.15, 0.2) is 0 Å². The van der Waals surface area contributed by atoms with Gasteiger partial charge in [-0.05, 0) is 75.4 Å². The summed E-state index contributed by atoms with van der Waals surface area (Å²) in [6.45, 7) is 6.95. The minimum absolute atomic E-state index is 0.0534. The van der Waals surface area contributed by atoms with Crippen molar-refractivity contribution in [2.45, 2.75) is 26.2 Å². The lowest BCUT2D eigenvalue weighted by Crippen LogP contribution is -2.58. The third kappa shape index (κ3) is 3.60. The van der Waals surface area contributed by atoms with E-state index in [0.29, 0.717) is 0 Å². The summed E-state index contributed by atoms with van der Waals surface area (Å²) in [4.78, 5) is 0. The van der Waals surface area contributed by atoms with Gasteiger partial charge in [0.2, 0.25) is 0 Å². The third-order valence-corrected chi connectivity index (χ3v) is 11.1. The molecule has 0 amide bonds. The standard InChI is InChI=1S/C46H33BN2O/c1-46(2,3)29-25-23-28(24-26-29)41-44-33(31-15-7-9-19-37(31)48(44)30-13-5-4-6-14-30)27-34-32-16-11-18-36-43(32)49(45(34)41)38-20-12-22-40-42(38)47(36)35-17-8-10-21-39(35)50-40/h4-27H,1-3H3. The molecule has 2 aliphatic heterocycles. The normalized spacial score (nSPS) is 13.2. The molecule has 3 nitrogen and oxygen atoms in total. The molecule has 0 radical (unpaired) electrons. The number of rotatable bonds is 2. The minimum Gasteiger partial charge on any atom is -0.458 e. The van der Waals surface area contributed by atoms with Crippen LogP contribution in [0.5, 0.6) is 11.5 Å². The van der Waals surface area contributed by atoms with E-state index in [1.54, 1.807) is 0 Å². The van der Waals surface area contributed by atoms with E-state index in [9.17, 15) is 0 Å². The second-order valence-corrected chi connectivity index (χ2v) is 14.9. The van der Waals surface area contributed by atoms with Crippen LogP contribution in [0.25, 0.3) is 66.1 Å². The molecule has 0 bridgehead atoms. The molecule has 11 rings (SSSR count). The molecule has 0 unspecified atom stereocenters. The second kappa shape index (κ2) is 9.80. The topological polar surface area (TPSA) is 19.1 Å². The van der Waals surface area contributed by atoms with Crippen molar-refractivity contribution in [3.8, 4) is 34.0 Å². The van der Waals surface area contributed by atoms with Crippen LogP contribution in [0.3, 0.4) is 0 Å². The fourth-order valence-corrected chi connectivity index (χ4v) is 8.94. The first-order valence-electron chi connectivity index (χ1n) is 17.6. The molecule has 0 saturated carbocycles. The highest BCUT2D eigenvalue weighted by molar-refractivity contribution is 6.99. The molecule has 4 heteroatoms. The summed E-state index contributed by atoms with van der Waals surface area (Å²) >= 11 is 0. The van der Waals surface area contributed by atoms with Crippen LogP contribution in [0, 0.1) is 0 Å². The molecule has 4 heterocycles. The summed E-state index contributed by atoms with van der Waals surface area (Å²) in [5, 5.41) is 5.07. The second-order valence-electron chi connectivity index (χ2n) is 14.9. The number of nitrogens with zero attached hydrogens (tertiary/aromatic N) is 2. The van der Waals surface area contributed by atoms with Gasteiger partial charge >= 0.3 is 0 Å². The maximum Gasteiger partial charge on any atom is 0.256 e. The third-order valence-electron chi connectivity index (χ3n) is 11.1. The quantitative estimate of drug-likeness (QED) is 0.172. The van der Waals surface area contributed by atoms with Crippen molar-refractivity contribution in [2.24, 2.45) is 0 Å². The van der Waals surface area contributed by atoms with E-state index in [4.69, 9.17) is 4.74 Å². The van der Waals surface area contributed by atoms with Crippen LogP contribution in [-0.4, -0.2) is 15.8 Å². The first kappa shape index (κ1) is 27.9. The molecule has 236 valence electrons. The molecule has 0 fully saturated rings. The summed E-state index contributed by atoms with van der Waals surface area (Å²) in [7, 11) is 0. The van der Waals surface area contributed by atoms with Gasteiger partial charge in [0.25, 0.3) is 6.71 Å². The Labute approximate surface area is 291 Å². The predicted molar refractivity (Wildman–Crippen MR) is 210 cm³/mol. The van der Waals surface area contributed by atoms with Crippen LogP contribution < -0.4 is 21.1 Å². The lowest BCUT2D eigenvalue weighted by Gasteiger charge is -2.33. The van der Waals surface area contributed by atoms with Crippen molar-refractivity contribution in [3.63, 3.8) is 0 Å². The van der Waals surface area contributed by atoms with Crippen molar-refractivity contribution < 1.29 is 4.74 Å². The van der Waals surface area contributed by atoms with Gasteiger partial charge in [-0.25, -0.2) is 0 Å². The molecular formula is C46H33BN2O. The van der Waals surface area contributed by atoms with E-state index in [-0.39, 0.29) is 12.1 Å². The van der Waals surface area contributed by atoms with E-state index in [0.717, 1.165) is 17.2 Å². The lowest BCUT2D eigenvalue weighted by atomic mass is 9.34. The molecule has 2 aromatic heterocycles. The number of aromatic nitrogens is 2. The van der Waals surface area contributed by atoms with Crippen LogP contribution in [0.4, 0.5) is 0 Å². The number of hydrogen-bond acceptors (Lipinski definition) is 1. The Hall–Kier alpha value is -6.00. The molecule has 0 spiro atoms. The van der Waals surface area contributed by atoms with E-state index in [1.807, 2.05) is 0 Å². The van der Waals surface area contributed by atoms with Crippen molar-refractivity contribution in [2.75, 3.05) is 0 Å². The Morgan fingerprint density at radius 2 is 1.18 bits per heavy atom. The zero-order chi connectivity index (χ0) is 33.3. The summed E-state index contributed by atoms with van der Waals surface area (Å²) in [5.41, 5.74) is 14.9. The molecule has 0 atom stereocenters. The van der Waals surface area contributed by atoms with E-state index in [2.05, 4.69) is 175 Å². The van der Waals surface area contributed by atoms with E-state index < -0.39 is 0 Å². The van der Waals surface area contributed by atoms with Crippen molar-refractivity contribution in [3.05, 3.63) is 151 Å². The number of hydrogen-bond donors (Lipinski definition) is 0. The highest BCUT2D eigenvalue weighted by atomic mass is 16.5. The molecule has 0 aliphatic carbocycles. The summed E-state index contributed by atoms with van der Waals surface area (Å²) in [6.07, 6.45) is 0. The largest absolute Gasteiger partial charge is 0.458 e. The van der Waals surface area contributed by atoms with Crippen molar-refractivity contribution in [1.82, 2.24) is 9.13 Å². The van der Waals surface area contributed by atoms with Crippen LogP contribution in [0.1, 0.15) is 26.3 Å². The van der Waals surface area contributed by atoms with Gasteiger partial charge in [-0.15, -0.1) is 0 Å². The Morgan fingerprint density at radius 1 is 0.520 bits per heavy atom. The Kier molecular flexibility index (Phi) is 5.47. The van der Waals surface area contributed by atoms with Crippen molar-refractivity contribution >= 4 is 66.7 Å². The van der Waals surface area contributed by atoms with Crippen LogP contribution in [0.2, 0.25) is 0 Å². The van der Waals surface area contributed by atoms with Gasteiger partial charge in [-0.3, -0.25) is 0 Å². The zero-order valence-corrected chi connectivity index (χ0v) is 28.2. The van der Waals surface area contributed by atoms with E-state index in [1.165, 1.54) is 82.4 Å². The van der Waals surface area contributed by atoms with Gasteiger partial charge in [-0.2, -0.15) is 0 Å². The first-order valence-corrected chi connectivity index (χ1v) is 17.6. The Bertz CT molecular complexity index is 2870. The predicted octanol–water partition coefficient (Wildman–Crippen LogP) is 9.78. The molecule has 0 saturated heterocycles. The van der Waals surface area contributed by atoms with Crippen LogP contribution >= 0.6 is 0 Å². The number of para-hydroxylation sites is 4. The number of benzene rings is 7. The minimum atomic E-state index is 0.0534. The Balaban J connectivity index is 1.38. The molecule has 2 aliphatic rings. The molecule has 9 aromatic rings. The number of ether oxygens (including phenoxy) is 1. The molecule has 0 N–H and O–H groups in total. The monoisotopic (exact) mass is 640 g/mol. The highest BCUT2D eigenvalue weighted by Crippen LogP contribution is 2.47. The van der Waals surface area contributed by atoms with Gasteiger partial charge in [-0.1, -0.05) is 124 Å². The summed E-state index contributed by atoms with van der Waals surface area (Å²) in [6, 6.07) is 53.6. The van der Waals surface area contributed by atoms with Gasteiger partial charge in [0, 0.05) is 44.0 Å². The number of fused-ring (bicyclic) bond motifs is 10. The van der Waals surface area contributed by atoms with Gasteiger partial charge < -0.3 is 13.9 Å². The fourth-order valence-electron chi connectivity index (χ4n) is 8.94. The smallest absolute Gasteiger partial charge is 0.256 e. The maximum atomic E-state index is 6.65. The summed E-state index contributed by atoms with van der Waals surface area (Å²) < 4.78 is 11.7. The molecular weight excluding hydrogens is 607 g/mol.